The van der Waals surface area contributed by atoms with E-state index in [2.05, 4.69) is 17.9 Å². The van der Waals surface area contributed by atoms with Crippen molar-refractivity contribution in [1.29, 1.82) is 0 Å². The molecule has 0 saturated carbocycles. The van der Waals surface area contributed by atoms with E-state index in [1.807, 2.05) is 28.0 Å². The van der Waals surface area contributed by atoms with Gasteiger partial charge in [0.15, 0.2) is 0 Å². The summed E-state index contributed by atoms with van der Waals surface area (Å²) in [5, 5.41) is 0.787. The largest absolute Gasteiger partial charge is 0.378 e. The monoisotopic (exact) mass is 425 g/mol. The maximum Gasteiger partial charge on any atom is 0.232 e. The van der Waals surface area contributed by atoms with Crippen LogP contribution in [0.25, 0.3) is 0 Å². The molecule has 0 aromatic heterocycles. The van der Waals surface area contributed by atoms with Crippen LogP contribution in [0.15, 0.2) is 24.3 Å². The third-order valence-electron chi connectivity index (χ3n) is 5.38. The first kappa shape index (κ1) is 21.4. The standard InChI is InChI=1S/C20H28ClN3O3S/c1-16(17-4-2-3-5-18(17)21)22-6-8-23(9-7-22)19(25)14-28-15-20(26)24-10-12-27-13-11-24/h2-5,16H,6-15H2,1H3. The quantitative estimate of drug-likeness (QED) is 0.699. The fraction of sp³-hybridized carbons (Fsp3) is 0.600. The number of benzene rings is 1. The van der Waals surface area contributed by atoms with Crippen molar-refractivity contribution in [2.24, 2.45) is 0 Å². The van der Waals surface area contributed by atoms with Crippen molar-refractivity contribution in [3.63, 3.8) is 0 Å². The van der Waals surface area contributed by atoms with Crippen LogP contribution in [0, 0.1) is 0 Å². The third kappa shape index (κ3) is 5.63. The molecule has 0 N–H and O–H groups in total. The van der Waals surface area contributed by atoms with E-state index in [-0.39, 0.29) is 17.9 Å². The van der Waals surface area contributed by atoms with E-state index in [0.717, 1.165) is 23.7 Å². The summed E-state index contributed by atoms with van der Waals surface area (Å²) in [5.41, 5.74) is 1.13. The van der Waals surface area contributed by atoms with Gasteiger partial charge in [-0.15, -0.1) is 11.8 Å². The SMILES string of the molecule is CC(c1ccccc1Cl)N1CCN(C(=O)CSCC(=O)N2CCOCC2)CC1. The number of hydrogen-bond donors (Lipinski definition) is 0. The average molecular weight is 426 g/mol. The zero-order valence-electron chi connectivity index (χ0n) is 16.3. The molecule has 6 nitrogen and oxygen atoms in total. The number of morpholine rings is 1. The lowest BCUT2D eigenvalue weighted by molar-refractivity contribution is -0.132. The molecule has 2 fully saturated rings. The Morgan fingerprint density at radius 2 is 1.57 bits per heavy atom. The van der Waals surface area contributed by atoms with Crippen molar-refractivity contribution >= 4 is 35.2 Å². The summed E-state index contributed by atoms with van der Waals surface area (Å²) in [6.45, 7) is 7.75. The van der Waals surface area contributed by atoms with Crippen LogP contribution in [0.4, 0.5) is 0 Å². The fourth-order valence-electron chi connectivity index (χ4n) is 3.59. The number of carbonyl (C=O) groups excluding carboxylic acids is 2. The first-order chi connectivity index (χ1) is 13.6. The van der Waals surface area contributed by atoms with Gasteiger partial charge in [-0.05, 0) is 18.6 Å². The summed E-state index contributed by atoms with van der Waals surface area (Å²) in [6.07, 6.45) is 0. The topological polar surface area (TPSA) is 53.1 Å². The van der Waals surface area contributed by atoms with Crippen LogP contribution in [0.1, 0.15) is 18.5 Å². The summed E-state index contributed by atoms with van der Waals surface area (Å²) < 4.78 is 5.26. The van der Waals surface area contributed by atoms with E-state index < -0.39 is 0 Å². The molecule has 2 saturated heterocycles. The average Bonchev–Trinajstić information content (AvgIpc) is 2.74. The van der Waals surface area contributed by atoms with Crippen molar-refractivity contribution in [3.05, 3.63) is 34.9 Å². The zero-order chi connectivity index (χ0) is 19.9. The molecule has 154 valence electrons. The molecule has 0 radical (unpaired) electrons. The van der Waals surface area contributed by atoms with Gasteiger partial charge < -0.3 is 14.5 Å². The Labute approximate surface area is 176 Å². The Morgan fingerprint density at radius 3 is 2.18 bits per heavy atom. The van der Waals surface area contributed by atoms with Crippen LogP contribution in [0.5, 0.6) is 0 Å². The molecule has 1 unspecified atom stereocenters. The lowest BCUT2D eigenvalue weighted by Gasteiger charge is -2.38. The van der Waals surface area contributed by atoms with E-state index in [4.69, 9.17) is 16.3 Å². The first-order valence-corrected chi connectivity index (χ1v) is 11.3. The Kier molecular flexibility index (Phi) is 8.02. The molecule has 2 amide bonds. The van der Waals surface area contributed by atoms with Crippen molar-refractivity contribution in [2.75, 3.05) is 64.0 Å². The molecule has 28 heavy (non-hydrogen) atoms. The second kappa shape index (κ2) is 10.5. The number of hydrogen-bond acceptors (Lipinski definition) is 5. The second-order valence-electron chi connectivity index (χ2n) is 7.10. The van der Waals surface area contributed by atoms with Gasteiger partial charge in [-0.1, -0.05) is 29.8 Å². The molecule has 1 aromatic carbocycles. The van der Waals surface area contributed by atoms with E-state index in [0.29, 0.717) is 50.9 Å². The van der Waals surface area contributed by atoms with Gasteiger partial charge in [0.1, 0.15) is 0 Å². The maximum absolute atomic E-state index is 12.5. The van der Waals surface area contributed by atoms with Crippen LogP contribution >= 0.6 is 23.4 Å². The van der Waals surface area contributed by atoms with Gasteiger partial charge in [0.2, 0.25) is 11.8 Å². The normalized spacial score (nSPS) is 19.5. The van der Waals surface area contributed by atoms with E-state index in [1.165, 1.54) is 11.8 Å². The zero-order valence-corrected chi connectivity index (χ0v) is 17.9. The molecule has 8 heteroatoms. The number of rotatable bonds is 6. The third-order valence-corrected chi connectivity index (χ3v) is 6.63. The summed E-state index contributed by atoms with van der Waals surface area (Å²) in [6, 6.07) is 8.16. The number of ether oxygens (including phenoxy) is 1. The fourth-order valence-corrected chi connectivity index (χ4v) is 4.70. The number of halogens is 1. The molecule has 0 aliphatic carbocycles. The van der Waals surface area contributed by atoms with Gasteiger partial charge >= 0.3 is 0 Å². The molecule has 2 aliphatic heterocycles. The molecular formula is C20H28ClN3O3S. The van der Waals surface area contributed by atoms with Gasteiger partial charge in [0, 0.05) is 50.3 Å². The Morgan fingerprint density at radius 1 is 1.00 bits per heavy atom. The molecule has 1 aromatic rings. The summed E-state index contributed by atoms with van der Waals surface area (Å²) in [7, 11) is 0. The van der Waals surface area contributed by atoms with Gasteiger partial charge in [0.25, 0.3) is 0 Å². The minimum Gasteiger partial charge on any atom is -0.378 e. The minimum atomic E-state index is 0.0967. The Bertz CT molecular complexity index is 676. The van der Waals surface area contributed by atoms with E-state index in [1.54, 1.807) is 0 Å². The summed E-state index contributed by atoms with van der Waals surface area (Å²) in [4.78, 5) is 30.7. The van der Waals surface area contributed by atoms with Gasteiger partial charge in [-0.3, -0.25) is 14.5 Å². The number of nitrogens with zero attached hydrogens (tertiary/aromatic N) is 3. The molecule has 1 atom stereocenters. The Balaban J connectivity index is 1.39. The lowest BCUT2D eigenvalue weighted by atomic mass is 10.1. The molecule has 2 aliphatic rings. The second-order valence-corrected chi connectivity index (χ2v) is 8.49. The molecule has 2 heterocycles. The van der Waals surface area contributed by atoms with E-state index in [9.17, 15) is 9.59 Å². The highest BCUT2D eigenvalue weighted by atomic mass is 35.5. The molecular weight excluding hydrogens is 398 g/mol. The first-order valence-electron chi connectivity index (χ1n) is 9.76. The molecule has 3 rings (SSSR count). The predicted molar refractivity (Wildman–Crippen MR) is 113 cm³/mol. The lowest BCUT2D eigenvalue weighted by Crippen LogP contribution is -2.49. The van der Waals surface area contributed by atoms with Crippen LogP contribution in [-0.2, 0) is 14.3 Å². The van der Waals surface area contributed by atoms with Gasteiger partial charge in [-0.2, -0.15) is 0 Å². The molecule has 0 spiro atoms. The van der Waals surface area contributed by atoms with E-state index >= 15 is 0 Å². The van der Waals surface area contributed by atoms with Crippen LogP contribution < -0.4 is 0 Å². The predicted octanol–water partition coefficient (Wildman–Crippen LogP) is 2.14. The maximum atomic E-state index is 12.5. The number of carbonyl (C=O) groups is 2. The summed E-state index contributed by atoms with van der Waals surface area (Å²) >= 11 is 7.73. The van der Waals surface area contributed by atoms with Crippen molar-refractivity contribution in [3.8, 4) is 0 Å². The number of piperazine rings is 1. The van der Waals surface area contributed by atoms with Crippen LogP contribution in [-0.4, -0.2) is 90.5 Å². The minimum absolute atomic E-state index is 0.0967. The Hall–Kier alpha value is -1.28. The van der Waals surface area contributed by atoms with Gasteiger partial charge in [-0.25, -0.2) is 0 Å². The van der Waals surface area contributed by atoms with Gasteiger partial charge in [0.05, 0.1) is 24.7 Å². The number of amides is 2. The smallest absolute Gasteiger partial charge is 0.232 e. The molecule has 0 bridgehead atoms. The van der Waals surface area contributed by atoms with Crippen molar-refractivity contribution in [1.82, 2.24) is 14.7 Å². The van der Waals surface area contributed by atoms with Crippen LogP contribution in [0.3, 0.4) is 0 Å². The highest BCUT2D eigenvalue weighted by molar-refractivity contribution is 8.00. The highest BCUT2D eigenvalue weighted by Gasteiger charge is 2.26. The number of thioether (sulfide) groups is 1. The van der Waals surface area contributed by atoms with Crippen molar-refractivity contribution < 1.29 is 14.3 Å². The van der Waals surface area contributed by atoms with Crippen LogP contribution in [0.2, 0.25) is 5.02 Å². The highest BCUT2D eigenvalue weighted by Crippen LogP contribution is 2.27. The summed E-state index contributed by atoms with van der Waals surface area (Å²) in [5.74, 6) is 0.926. The van der Waals surface area contributed by atoms with Crippen molar-refractivity contribution in [2.45, 2.75) is 13.0 Å².